The first-order valence-electron chi connectivity index (χ1n) is 14.1. The molecule has 2 fully saturated rings. The molecule has 5 heteroatoms. The monoisotopic (exact) mass is 514 g/mol. The maximum absolute atomic E-state index is 13.3. The van der Waals surface area contributed by atoms with Gasteiger partial charge in [-0.2, -0.15) is 0 Å². The maximum Gasteiger partial charge on any atom is 0.410 e. The van der Waals surface area contributed by atoms with E-state index in [2.05, 4.69) is 29.2 Å². The van der Waals surface area contributed by atoms with E-state index < -0.39 is 0 Å². The summed E-state index contributed by atoms with van der Waals surface area (Å²) in [6, 6.07) is 27.6. The molecule has 0 radical (unpaired) electrons. The van der Waals surface area contributed by atoms with Gasteiger partial charge in [0.05, 0.1) is 0 Å². The minimum atomic E-state index is -0.197. The summed E-state index contributed by atoms with van der Waals surface area (Å²) in [6.07, 6.45) is 6.15. The Labute approximate surface area is 226 Å². The highest BCUT2D eigenvalue weighted by Crippen LogP contribution is 2.30. The molecule has 0 saturated carbocycles. The molecule has 3 aromatic rings. The number of benzene rings is 3. The lowest BCUT2D eigenvalue weighted by molar-refractivity contribution is 0.0345. The highest BCUT2D eigenvalue weighted by atomic mass is 19.1. The summed E-state index contributed by atoms with van der Waals surface area (Å²) in [7, 11) is 0. The number of likely N-dealkylation sites (tertiary alicyclic amines) is 2. The van der Waals surface area contributed by atoms with Crippen molar-refractivity contribution in [1.29, 1.82) is 0 Å². The second kappa shape index (κ2) is 13.1. The molecule has 38 heavy (non-hydrogen) atoms. The molecule has 2 atom stereocenters. The Morgan fingerprint density at radius 1 is 0.763 bits per heavy atom. The van der Waals surface area contributed by atoms with Crippen LogP contribution in [-0.2, 0) is 24.2 Å². The van der Waals surface area contributed by atoms with E-state index in [0.29, 0.717) is 18.4 Å². The molecular weight excluding hydrogens is 475 g/mol. The van der Waals surface area contributed by atoms with Crippen LogP contribution in [0.25, 0.3) is 0 Å². The Morgan fingerprint density at radius 2 is 1.39 bits per heavy atom. The predicted molar refractivity (Wildman–Crippen MR) is 149 cm³/mol. The van der Waals surface area contributed by atoms with Crippen molar-refractivity contribution >= 4 is 6.09 Å². The van der Waals surface area contributed by atoms with Crippen LogP contribution >= 0.6 is 0 Å². The molecule has 2 heterocycles. The summed E-state index contributed by atoms with van der Waals surface area (Å²) in [4.78, 5) is 17.9. The summed E-state index contributed by atoms with van der Waals surface area (Å²) in [5.41, 5.74) is 3.51. The number of halogens is 1. The van der Waals surface area contributed by atoms with Gasteiger partial charge in [-0.05, 0) is 92.3 Å². The smallest absolute Gasteiger partial charge is 0.410 e. The largest absolute Gasteiger partial charge is 0.445 e. The van der Waals surface area contributed by atoms with Gasteiger partial charge in [0.2, 0.25) is 0 Å². The van der Waals surface area contributed by atoms with Gasteiger partial charge in [-0.3, -0.25) is 0 Å². The van der Waals surface area contributed by atoms with Crippen LogP contribution in [0.1, 0.15) is 42.4 Å². The summed E-state index contributed by atoms with van der Waals surface area (Å²) in [6.45, 7) is 4.24. The molecule has 2 unspecified atom stereocenters. The molecule has 0 aliphatic carbocycles. The van der Waals surface area contributed by atoms with Gasteiger partial charge in [-0.15, -0.1) is 0 Å². The molecule has 5 rings (SSSR count). The van der Waals surface area contributed by atoms with Gasteiger partial charge in [0.15, 0.2) is 0 Å². The maximum atomic E-state index is 13.3. The van der Waals surface area contributed by atoms with Gasteiger partial charge in [-0.1, -0.05) is 72.8 Å². The van der Waals surface area contributed by atoms with E-state index in [1.165, 1.54) is 11.1 Å². The van der Waals surface area contributed by atoms with E-state index in [1.54, 1.807) is 12.1 Å². The number of piperidine rings is 2. The van der Waals surface area contributed by atoms with Crippen molar-refractivity contribution in [2.75, 3.05) is 26.2 Å². The number of amides is 1. The highest BCUT2D eigenvalue weighted by Gasteiger charge is 2.36. The van der Waals surface area contributed by atoms with Gasteiger partial charge >= 0.3 is 6.09 Å². The second-order valence-electron chi connectivity index (χ2n) is 11.0. The number of rotatable bonds is 8. The second-order valence-corrected chi connectivity index (χ2v) is 11.0. The van der Waals surface area contributed by atoms with Crippen LogP contribution in [0.2, 0.25) is 0 Å². The van der Waals surface area contributed by atoms with E-state index in [9.17, 15) is 9.18 Å². The van der Waals surface area contributed by atoms with Gasteiger partial charge < -0.3 is 14.5 Å². The Morgan fingerprint density at radius 3 is 2.08 bits per heavy atom. The fraction of sp³-hybridized carbons (Fsp3) is 0.424. The first kappa shape index (κ1) is 26.4. The number of hydrogen-bond acceptors (Lipinski definition) is 3. The number of nitrogens with zero attached hydrogens (tertiary/aromatic N) is 2. The molecule has 200 valence electrons. The van der Waals surface area contributed by atoms with Crippen LogP contribution in [0.15, 0.2) is 84.9 Å². The van der Waals surface area contributed by atoms with Crippen molar-refractivity contribution < 1.29 is 13.9 Å². The Kier molecular flexibility index (Phi) is 9.08. The van der Waals surface area contributed by atoms with Crippen LogP contribution in [0.3, 0.4) is 0 Å². The van der Waals surface area contributed by atoms with E-state index in [0.717, 1.165) is 70.3 Å². The SMILES string of the molecule is O=C(OCc1ccccc1)N1CCCC(CN2CCC(Cc3ccc(F)cc3)CC2)C1Cc1ccccc1. The molecule has 4 nitrogen and oxygen atoms in total. The van der Waals surface area contributed by atoms with E-state index >= 15 is 0 Å². The zero-order valence-electron chi connectivity index (χ0n) is 22.2. The lowest BCUT2D eigenvalue weighted by Crippen LogP contribution is -2.53. The van der Waals surface area contributed by atoms with Crippen molar-refractivity contribution in [3.63, 3.8) is 0 Å². The van der Waals surface area contributed by atoms with Crippen LogP contribution in [0, 0.1) is 17.7 Å². The Balaban J connectivity index is 1.21. The van der Waals surface area contributed by atoms with E-state index in [4.69, 9.17) is 4.74 Å². The Bertz CT molecular complexity index is 1130. The van der Waals surface area contributed by atoms with Gasteiger partial charge in [0.25, 0.3) is 0 Å². The lowest BCUT2D eigenvalue weighted by Gasteiger charge is -2.43. The third kappa shape index (κ3) is 7.22. The van der Waals surface area contributed by atoms with Crippen LogP contribution in [0.4, 0.5) is 9.18 Å². The fourth-order valence-electron chi connectivity index (χ4n) is 6.17. The van der Waals surface area contributed by atoms with E-state index in [-0.39, 0.29) is 18.0 Å². The number of ether oxygens (including phenoxy) is 1. The van der Waals surface area contributed by atoms with Gasteiger partial charge in [-0.25, -0.2) is 9.18 Å². The molecule has 1 amide bonds. The van der Waals surface area contributed by atoms with Crippen molar-refractivity contribution in [2.45, 2.75) is 51.2 Å². The van der Waals surface area contributed by atoms with Gasteiger partial charge in [0, 0.05) is 19.1 Å². The van der Waals surface area contributed by atoms with E-state index in [1.807, 2.05) is 53.4 Å². The first-order valence-corrected chi connectivity index (χ1v) is 14.1. The molecule has 2 aliphatic rings. The van der Waals surface area contributed by atoms with Gasteiger partial charge in [0.1, 0.15) is 12.4 Å². The molecule has 0 spiro atoms. The lowest BCUT2D eigenvalue weighted by atomic mass is 9.84. The zero-order chi connectivity index (χ0) is 26.2. The summed E-state index contributed by atoms with van der Waals surface area (Å²) in [5, 5.41) is 0. The molecular formula is C33H39FN2O2. The number of hydrogen-bond donors (Lipinski definition) is 0. The molecule has 2 aliphatic heterocycles. The topological polar surface area (TPSA) is 32.8 Å². The zero-order valence-corrected chi connectivity index (χ0v) is 22.2. The van der Waals surface area contributed by atoms with Crippen molar-refractivity contribution in [3.05, 3.63) is 107 Å². The van der Waals surface area contributed by atoms with Crippen molar-refractivity contribution in [1.82, 2.24) is 9.80 Å². The molecule has 0 N–H and O–H groups in total. The van der Waals surface area contributed by atoms with Crippen LogP contribution < -0.4 is 0 Å². The minimum absolute atomic E-state index is 0.131. The quantitative estimate of drug-likeness (QED) is 0.334. The summed E-state index contributed by atoms with van der Waals surface area (Å²) >= 11 is 0. The average Bonchev–Trinajstić information content (AvgIpc) is 2.96. The first-order chi connectivity index (χ1) is 18.6. The number of carbonyl (C=O) groups excluding carboxylic acids is 1. The Hall–Kier alpha value is -3.18. The normalized spacial score (nSPS) is 20.8. The molecule has 0 aromatic heterocycles. The highest BCUT2D eigenvalue weighted by molar-refractivity contribution is 5.68. The average molecular weight is 515 g/mol. The van der Waals surface area contributed by atoms with Crippen LogP contribution in [0.5, 0.6) is 0 Å². The predicted octanol–water partition coefficient (Wildman–Crippen LogP) is 6.74. The van der Waals surface area contributed by atoms with Crippen molar-refractivity contribution in [2.24, 2.45) is 11.8 Å². The summed E-state index contributed by atoms with van der Waals surface area (Å²) < 4.78 is 19.1. The standard InChI is InChI=1S/C33H39FN2O2/c34-31-15-13-27(14-16-31)22-28-17-20-35(21-18-28)24-30-12-7-19-36(32(30)23-26-8-3-1-4-9-26)33(37)38-25-29-10-5-2-6-11-29/h1-6,8-11,13-16,28,30,32H,7,12,17-25H2. The minimum Gasteiger partial charge on any atom is -0.445 e. The molecule has 2 saturated heterocycles. The molecule has 3 aromatic carbocycles. The van der Waals surface area contributed by atoms with Crippen molar-refractivity contribution in [3.8, 4) is 0 Å². The third-order valence-electron chi connectivity index (χ3n) is 8.28. The fourth-order valence-corrected chi connectivity index (χ4v) is 6.17. The molecule has 0 bridgehead atoms. The summed E-state index contributed by atoms with van der Waals surface area (Å²) in [5.74, 6) is 0.897. The third-order valence-corrected chi connectivity index (χ3v) is 8.28. The van der Waals surface area contributed by atoms with Crippen LogP contribution in [-0.4, -0.2) is 48.1 Å². The number of carbonyl (C=O) groups is 1.